The van der Waals surface area contributed by atoms with Gasteiger partial charge in [-0.3, -0.25) is 9.59 Å². The largest absolute Gasteiger partial charge is 0.492 e. The van der Waals surface area contributed by atoms with E-state index in [0.717, 1.165) is 11.1 Å². The molecule has 0 radical (unpaired) electrons. The second-order valence-corrected chi connectivity index (χ2v) is 8.98. The lowest BCUT2D eigenvalue weighted by molar-refractivity contribution is -0.129. The van der Waals surface area contributed by atoms with E-state index in [4.69, 9.17) is 39.1 Å². The number of benzene rings is 3. The van der Waals surface area contributed by atoms with E-state index in [9.17, 15) is 9.59 Å². The average molecular weight is 552 g/mol. The highest BCUT2D eigenvalue weighted by Gasteiger charge is 2.21. The molecule has 38 heavy (non-hydrogen) atoms. The van der Waals surface area contributed by atoms with Crippen molar-refractivity contribution in [1.82, 2.24) is 10.7 Å². The fourth-order valence-electron chi connectivity index (χ4n) is 3.36. The lowest BCUT2D eigenvalue weighted by Crippen LogP contribution is -2.46. The number of carbonyl (C=O) groups is 2. The number of ether oxygens (including phenoxy) is 2. The number of carbonyl (C=O) groups excluding carboxylic acids is 2. The summed E-state index contributed by atoms with van der Waals surface area (Å²) < 4.78 is 11.0. The zero-order valence-corrected chi connectivity index (χ0v) is 22.0. The van der Waals surface area contributed by atoms with E-state index in [-0.39, 0.29) is 25.5 Å². The summed E-state index contributed by atoms with van der Waals surface area (Å²) in [5, 5.41) is 7.75. The number of nitrogens with one attached hydrogen (secondary N) is 2. The Morgan fingerprint density at radius 1 is 1.03 bits per heavy atom. The highest BCUT2D eigenvalue weighted by molar-refractivity contribution is 6.35. The van der Waals surface area contributed by atoms with Gasteiger partial charge in [-0.15, -0.1) is 6.42 Å². The lowest BCUT2D eigenvalue weighted by atomic mass is 10.1. The molecule has 0 unspecified atom stereocenters. The van der Waals surface area contributed by atoms with Crippen LogP contribution in [-0.2, 0) is 16.0 Å². The number of amides is 2. The quantitative estimate of drug-likeness (QED) is 0.135. The molecule has 0 aromatic heterocycles. The van der Waals surface area contributed by atoms with Crippen LogP contribution >= 0.6 is 23.2 Å². The summed E-state index contributed by atoms with van der Waals surface area (Å²) in [6.07, 6.45) is 7.61. The first-order chi connectivity index (χ1) is 18.4. The molecule has 0 aliphatic carbocycles. The van der Waals surface area contributed by atoms with Crippen molar-refractivity contribution in [2.45, 2.75) is 25.3 Å². The number of nitrogens with zero attached hydrogens (tertiary/aromatic N) is 1. The number of terminal acetylenes is 1. The lowest BCUT2D eigenvalue weighted by Gasteiger charge is -2.17. The number of hydrogen-bond donors (Lipinski definition) is 2. The van der Waals surface area contributed by atoms with E-state index in [1.54, 1.807) is 42.5 Å². The monoisotopic (exact) mass is 551 g/mol. The molecule has 0 spiro atoms. The maximum absolute atomic E-state index is 12.9. The van der Waals surface area contributed by atoms with Gasteiger partial charge >= 0.3 is 0 Å². The molecule has 0 aliphatic rings. The highest BCUT2D eigenvalue weighted by Crippen LogP contribution is 2.27. The van der Waals surface area contributed by atoms with E-state index in [2.05, 4.69) is 21.8 Å². The Hall–Kier alpha value is -3.99. The van der Waals surface area contributed by atoms with Crippen LogP contribution in [-0.4, -0.2) is 37.3 Å². The van der Waals surface area contributed by atoms with Crippen LogP contribution in [0.2, 0.25) is 10.0 Å². The summed E-state index contributed by atoms with van der Waals surface area (Å²) in [5.41, 5.74) is 4.17. The standard InChI is InChI=1S/C29H27Cl2N3O4/c1-2-16-37-24-13-10-22(11-14-24)20-32-34-29(36)26(18-21-7-4-3-5-8-21)33-28(35)9-6-17-38-27-15-12-23(30)19-25(27)31/h1,3-5,7-8,10-15,19-20,26H,6,9,16-18H2,(H,33,35)(H,34,36)/b32-20-/t26-/m0/s1. The Kier molecular flexibility index (Phi) is 11.5. The molecular weight excluding hydrogens is 525 g/mol. The zero-order valence-electron chi connectivity index (χ0n) is 20.5. The molecule has 7 nitrogen and oxygen atoms in total. The van der Waals surface area contributed by atoms with Gasteiger partial charge < -0.3 is 14.8 Å². The van der Waals surface area contributed by atoms with Crippen molar-refractivity contribution >= 4 is 41.2 Å². The van der Waals surface area contributed by atoms with Gasteiger partial charge in [0.05, 0.1) is 17.8 Å². The third-order valence-electron chi connectivity index (χ3n) is 5.22. The molecule has 3 rings (SSSR count). The molecule has 0 saturated carbocycles. The van der Waals surface area contributed by atoms with Gasteiger partial charge in [0.1, 0.15) is 24.1 Å². The van der Waals surface area contributed by atoms with E-state index in [1.807, 2.05) is 30.3 Å². The summed E-state index contributed by atoms with van der Waals surface area (Å²) in [5.74, 6) is 2.82. The molecule has 3 aromatic carbocycles. The first-order valence-electron chi connectivity index (χ1n) is 11.8. The highest BCUT2D eigenvalue weighted by atomic mass is 35.5. The van der Waals surface area contributed by atoms with Crippen LogP contribution < -0.4 is 20.2 Å². The van der Waals surface area contributed by atoms with Crippen molar-refractivity contribution in [2.75, 3.05) is 13.2 Å². The molecule has 2 amide bonds. The second kappa shape index (κ2) is 15.3. The number of hydrazone groups is 1. The van der Waals surface area contributed by atoms with Crippen LogP contribution in [0.4, 0.5) is 0 Å². The summed E-state index contributed by atoms with van der Waals surface area (Å²) in [6.45, 7) is 0.461. The molecule has 0 saturated heterocycles. The smallest absolute Gasteiger partial charge is 0.262 e. The topological polar surface area (TPSA) is 89.0 Å². The first kappa shape index (κ1) is 28.6. The Balaban J connectivity index is 1.53. The Morgan fingerprint density at radius 3 is 2.50 bits per heavy atom. The fraction of sp³-hybridized carbons (Fsp3) is 0.207. The Bertz CT molecular complexity index is 1280. The van der Waals surface area contributed by atoms with Crippen LogP contribution in [0.5, 0.6) is 11.5 Å². The molecule has 196 valence electrons. The van der Waals surface area contributed by atoms with Gasteiger partial charge in [0.2, 0.25) is 5.91 Å². The number of halogens is 2. The SMILES string of the molecule is C#CCOc1ccc(/C=N\NC(=O)[C@H](Cc2ccccc2)NC(=O)CCCOc2ccc(Cl)cc2Cl)cc1. The van der Waals surface area contributed by atoms with Crippen molar-refractivity contribution in [2.24, 2.45) is 5.10 Å². The van der Waals surface area contributed by atoms with E-state index < -0.39 is 11.9 Å². The maximum Gasteiger partial charge on any atom is 0.262 e. The van der Waals surface area contributed by atoms with Crippen molar-refractivity contribution in [3.8, 4) is 23.8 Å². The van der Waals surface area contributed by atoms with Gasteiger partial charge in [-0.2, -0.15) is 5.10 Å². The van der Waals surface area contributed by atoms with E-state index in [0.29, 0.717) is 34.4 Å². The van der Waals surface area contributed by atoms with Crippen LogP contribution in [0, 0.1) is 12.3 Å². The van der Waals surface area contributed by atoms with Crippen molar-refractivity contribution in [1.29, 1.82) is 0 Å². The molecule has 0 fully saturated rings. The molecule has 9 heteroatoms. The molecule has 0 aliphatic heterocycles. The molecule has 0 heterocycles. The van der Waals surface area contributed by atoms with Crippen LogP contribution in [0.3, 0.4) is 0 Å². The first-order valence-corrected chi connectivity index (χ1v) is 12.6. The van der Waals surface area contributed by atoms with Crippen molar-refractivity contribution in [3.05, 3.63) is 94.0 Å². The Morgan fingerprint density at radius 2 is 1.79 bits per heavy atom. The summed E-state index contributed by atoms with van der Waals surface area (Å²) >= 11 is 12.0. The zero-order chi connectivity index (χ0) is 27.2. The van der Waals surface area contributed by atoms with Gasteiger partial charge in [0, 0.05) is 17.9 Å². The minimum absolute atomic E-state index is 0.168. The molecule has 2 N–H and O–H groups in total. The van der Waals surface area contributed by atoms with E-state index in [1.165, 1.54) is 6.21 Å². The normalized spacial score (nSPS) is 11.4. The summed E-state index contributed by atoms with van der Waals surface area (Å²) in [4.78, 5) is 25.5. The fourth-order valence-corrected chi connectivity index (χ4v) is 3.82. The van der Waals surface area contributed by atoms with Gasteiger partial charge in [-0.05, 0) is 60.0 Å². The average Bonchev–Trinajstić information content (AvgIpc) is 2.92. The second-order valence-electron chi connectivity index (χ2n) is 8.13. The van der Waals surface area contributed by atoms with Gasteiger partial charge in [-0.1, -0.05) is 59.5 Å². The van der Waals surface area contributed by atoms with Gasteiger partial charge in [-0.25, -0.2) is 5.43 Å². The van der Waals surface area contributed by atoms with Gasteiger partial charge in [0.25, 0.3) is 5.91 Å². The third kappa shape index (κ3) is 9.81. The molecule has 0 bridgehead atoms. The molecular formula is C29H27Cl2N3O4. The summed E-state index contributed by atoms with van der Waals surface area (Å²) in [7, 11) is 0. The predicted octanol–water partition coefficient (Wildman–Crippen LogP) is 5.04. The maximum atomic E-state index is 12.9. The van der Waals surface area contributed by atoms with Crippen molar-refractivity contribution < 1.29 is 19.1 Å². The predicted molar refractivity (Wildman–Crippen MR) is 150 cm³/mol. The number of rotatable bonds is 13. The minimum atomic E-state index is -0.812. The number of hydrogen-bond acceptors (Lipinski definition) is 5. The van der Waals surface area contributed by atoms with Crippen LogP contribution in [0.25, 0.3) is 0 Å². The molecule has 3 aromatic rings. The van der Waals surface area contributed by atoms with Crippen molar-refractivity contribution in [3.63, 3.8) is 0 Å². The minimum Gasteiger partial charge on any atom is -0.492 e. The summed E-state index contributed by atoms with van der Waals surface area (Å²) in [6, 6.07) is 20.6. The van der Waals surface area contributed by atoms with E-state index >= 15 is 0 Å². The third-order valence-corrected chi connectivity index (χ3v) is 5.76. The van der Waals surface area contributed by atoms with Gasteiger partial charge in [0.15, 0.2) is 0 Å². The molecule has 1 atom stereocenters. The van der Waals surface area contributed by atoms with Crippen LogP contribution in [0.1, 0.15) is 24.0 Å². The Labute approximate surface area is 232 Å². The van der Waals surface area contributed by atoms with Crippen LogP contribution in [0.15, 0.2) is 77.9 Å².